The summed E-state index contributed by atoms with van der Waals surface area (Å²) in [7, 11) is 0. The van der Waals surface area contributed by atoms with Gasteiger partial charge in [0.25, 0.3) is 5.91 Å². The van der Waals surface area contributed by atoms with Crippen molar-refractivity contribution in [2.75, 3.05) is 6.61 Å². The molecule has 40 heavy (non-hydrogen) atoms. The third-order valence-electron chi connectivity index (χ3n) is 8.18. The van der Waals surface area contributed by atoms with Crippen molar-refractivity contribution >= 4 is 28.1 Å². The van der Waals surface area contributed by atoms with Crippen LogP contribution < -0.4 is 5.32 Å². The number of hydrogen-bond acceptors (Lipinski definition) is 5. The van der Waals surface area contributed by atoms with Gasteiger partial charge in [-0.1, -0.05) is 77.9 Å². The lowest BCUT2D eigenvalue weighted by atomic mass is 9.79. The lowest BCUT2D eigenvalue weighted by Gasteiger charge is -2.29. The van der Waals surface area contributed by atoms with Crippen molar-refractivity contribution in [3.05, 3.63) is 93.5 Å². The molecule has 0 radical (unpaired) electrons. The molecule has 3 aliphatic heterocycles. The molecule has 2 atom stereocenters. The quantitative estimate of drug-likeness (QED) is 0.392. The number of rotatable bonds is 4. The number of carbonyl (C=O) groups excluding carboxylic acids is 1. The molecule has 0 bridgehead atoms. The third kappa shape index (κ3) is 3.88. The van der Waals surface area contributed by atoms with E-state index in [4.69, 9.17) is 9.15 Å². The number of ether oxygens (including phenoxy) is 1. The monoisotopic (exact) mass is 538 g/mol. The normalized spacial score (nSPS) is 19.6. The molecule has 0 saturated heterocycles. The fourth-order valence-corrected chi connectivity index (χ4v) is 6.09. The molecule has 1 aromatic heterocycles. The van der Waals surface area contributed by atoms with Gasteiger partial charge in [-0.05, 0) is 41.9 Å². The van der Waals surface area contributed by atoms with Crippen LogP contribution in [0, 0.1) is 0 Å². The summed E-state index contributed by atoms with van der Waals surface area (Å²) in [4.78, 5) is 15.3. The molecular weight excluding hydrogens is 500 g/mol. The second-order valence-electron chi connectivity index (χ2n) is 13.0. The third-order valence-corrected chi connectivity index (χ3v) is 8.18. The largest absolute Gasteiger partial charge is 0.453 e. The first kappa shape index (κ1) is 26.6. The summed E-state index contributed by atoms with van der Waals surface area (Å²) in [6, 6.07) is 14.7. The van der Waals surface area contributed by atoms with Gasteiger partial charge in [-0.25, -0.2) is 0 Å². The minimum Gasteiger partial charge on any atom is -0.453 e. The van der Waals surface area contributed by atoms with Crippen molar-refractivity contribution in [3.63, 3.8) is 0 Å². The molecule has 6 nitrogen and oxygen atoms in total. The van der Waals surface area contributed by atoms with Crippen molar-refractivity contribution in [1.82, 2.24) is 10.2 Å². The molecular formula is C34H38N2O4. The maximum absolute atomic E-state index is 13.5. The van der Waals surface area contributed by atoms with E-state index in [0.717, 1.165) is 33.2 Å². The van der Waals surface area contributed by atoms with Gasteiger partial charge < -0.3 is 24.5 Å². The standard InChI is InChI=1S/C34H38N2O4/c1-9-39-18(2)27-25-26(31(37)35-27)28-30-24(22(17-36(28)32(25)38)19-13-11-10-12-14-19)21-15-20(33(3,4)5)16-23(29(21)40-30)34(6,7)8/h10-18,32,38H,9H2,1-8H3,(H,35,37). The van der Waals surface area contributed by atoms with Crippen LogP contribution in [0.25, 0.3) is 22.2 Å². The minimum atomic E-state index is -1.05. The number of furan rings is 1. The van der Waals surface area contributed by atoms with Gasteiger partial charge >= 0.3 is 0 Å². The van der Waals surface area contributed by atoms with Crippen LogP contribution in [0.1, 0.15) is 83.4 Å². The molecule has 0 spiro atoms. The summed E-state index contributed by atoms with van der Waals surface area (Å²) in [5.41, 5.74) is 8.02. The molecule has 3 aromatic rings. The first-order valence-corrected chi connectivity index (χ1v) is 14.1. The number of fused-ring (bicyclic) bond motifs is 6. The average molecular weight is 539 g/mol. The van der Waals surface area contributed by atoms with Crippen LogP contribution in [0.5, 0.6) is 0 Å². The summed E-state index contributed by atoms with van der Waals surface area (Å²) in [6.07, 6.45) is 0.559. The van der Waals surface area contributed by atoms with Crippen molar-refractivity contribution in [2.24, 2.45) is 0 Å². The second-order valence-corrected chi connectivity index (χ2v) is 13.0. The maximum Gasteiger partial charge on any atom is 0.258 e. The van der Waals surface area contributed by atoms with Crippen molar-refractivity contribution < 1.29 is 19.1 Å². The molecule has 6 rings (SSSR count). The van der Waals surface area contributed by atoms with Crippen LogP contribution in [0.2, 0.25) is 0 Å². The summed E-state index contributed by atoms with van der Waals surface area (Å²) in [6.45, 7) is 17.6. The Kier molecular flexibility index (Phi) is 5.95. The molecule has 2 N–H and O–H groups in total. The highest BCUT2D eigenvalue weighted by Gasteiger charge is 2.49. The summed E-state index contributed by atoms with van der Waals surface area (Å²) in [5, 5.41) is 15.7. The van der Waals surface area contributed by atoms with E-state index in [1.165, 1.54) is 5.56 Å². The van der Waals surface area contributed by atoms with Crippen LogP contribution >= 0.6 is 0 Å². The Morgan fingerprint density at radius 3 is 2.40 bits per heavy atom. The van der Waals surface area contributed by atoms with Gasteiger partial charge in [-0.3, -0.25) is 4.79 Å². The highest BCUT2D eigenvalue weighted by Crippen LogP contribution is 2.53. The topological polar surface area (TPSA) is 74.9 Å². The van der Waals surface area contributed by atoms with E-state index in [1.807, 2.05) is 38.2 Å². The first-order chi connectivity index (χ1) is 18.8. The number of carbonyl (C=O) groups is 1. The van der Waals surface area contributed by atoms with Crippen LogP contribution in [0.15, 0.2) is 69.9 Å². The number of nitrogens with zero attached hydrogens (tertiary/aromatic N) is 1. The van der Waals surface area contributed by atoms with Gasteiger partial charge in [0.05, 0.1) is 17.4 Å². The molecule has 0 fully saturated rings. The smallest absolute Gasteiger partial charge is 0.258 e. The molecule has 0 saturated carbocycles. The number of benzene rings is 2. The van der Waals surface area contributed by atoms with Crippen LogP contribution in [0.3, 0.4) is 0 Å². The Labute approximate surface area is 236 Å². The number of aliphatic hydroxyl groups is 1. The highest BCUT2D eigenvalue weighted by molar-refractivity contribution is 6.14. The molecule has 2 unspecified atom stereocenters. The first-order valence-electron chi connectivity index (χ1n) is 14.1. The van der Waals surface area contributed by atoms with Crippen LogP contribution in [0.4, 0.5) is 0 Å². The maximum atomic E-state index is 13.5. The van der Waals surface area contributed by atoms with E-state index >= 15 is 0 Å². The Hall–Kier alpha value is -3.61. The van der Waals surface area contributed by atoms with Gasteiger partial charge in [0.15, 0.2) is 12.0 Å². The van der Waals surface area contributed by atoms with E-state index in [2.05, 4.69) is 71.1 Å². The van der Waals surface area contributed by atoms with Crippen LogP contribution in [-0.2, 0) is 20.4 Å². The predicted molar refractivity (Wildman–Crippen MR) is 158 cm³/mol. The average Bonchev–Trinajstić information content (AvgIpc) is 3.53. The van der Waals surface area contributed by atoms with E-state index in [9.17, 15) is 9.90 Å². The number of hydrogen-bond donors (Lipinski definition) is 2. The number of amides is 1. The number of nitrogens with one attached hydrogen (secondary N) is 1. The Balaban J connectivity index is 1.73. The van der Waals surface area contributed by atoms with E-state index < -0.39 is 6.23 Å². The Morgan fingerprint density at radius 1 is 1.07 bits per heavy atom. The molecule has 6 heteroatoms. The SMILES string of the molecule is CCOC(C)C1=C2C(=C3c4oc5c(C(C)(C)C)cc(C(C)(C)C)cc5c4C(c4ccccc4)=CN3C2O)C(=O)N1. The molecule has 1 amide bonds. The molecule has 2 aromatic carbocycles. The molecule has 3 aliphatic rings. The zero-order valence-corrected chi connectivity index (χ0v) is 24.6. The summed E-state index contributed by atoms with van der Waals surface area (Å²) in [5.74, 6) is 0.361. The second kappa shape index (κ2) is 8.95. The lowest BCUT2D eigenvalue weighted by molar-refractivity contribution is -0.116. The van der Waals surface area contributed by atoms with Gasteiger partial charge in [0.1, 0.15) is 11.3 Å². The predicted octanol–water partition coefficient (Wildman–Crippen LogP) is 6.58. The van der Waals surface area contributed by atoms with Gasteiger partial charge in [-0.15, -0.1) is 0 Å². The Morgan fingerprint density at radius 2 is 1.77 bits per heavy atom. The highest BCUT2D eigenvalue weighted by atomic mass is 16.5. The zero-order valence-electron chi connectivity index (χ0n) is 24.6. The zero-order chi connectivity index (χ0) is 28.7. The fraction of sp³-hybridized carbons (Fsp3) is 0.382. The van der Waals surface area contributed by atoms with Gasteiger partial charge in [0.2, 0.25) is 0 Å². The minimum absolute atomic E-state index is 0.0767. The molecule has 208 valence electrons. The van der Waals surface area contributed by atoms with Gasteiger partial charge in [-0.2, -0.15) is 0 Å². The van der Waals surface area contributed by atoms with Crippen molar-refractivity contribution in [1.29, 1.82) is 0 Å². The van der Waals surface area contributed by atoms with Crippen molar-refractivity contribution in [3.8, 4) is 0 Å². The number of aliphatic hydroxyl groups excluding tert-OH is 1. The lowest BCUT2D eigenvalue weighted by Crippen LogP contribution is -2.32. The van der Waals surface area contributed by atoms with E-state index in [1.54, 1.807) is 4.90 Å². The Bertz CT molecular complexity index is 1640. The summed E-state index contributed by atoms with van der Waals surface area (Å²) < 4.78 is 12.7. The fourth-order valence-electron chi connectivity index (χ4n) is 6.09. The van der Waals surface area contributed by atoms with E-state index in [0.29, 0.717) is 34.9 Å². The molecule has 4 heterocycles. The van der Waals surface area contributed by atoms with Crippen LogP contribution in [-0.4, -0.2) is 34.9 Å². The molecule has 0 aliphatic carbocycles. The summed E-state index contributed by atoms with van der Waals surface area (Å²) >= 11 is 0. The van der Waals surface area contributed by atoms with E-state index in [-0.39, 0.29) is 22.8 Å². The van der Waals surface area contributed by atoms with Crippen molar-refractivity contribution in [2.45, 2.75) is 78.6 Å². The van der Waals surface area contributed by atoms with Gasteiger partial charge in [0, 0.05) is 40.5 Å².